The van der Waals surface area contributed by atoms with Crippen LogP contribution >= 0.6 is 11.6 Å². The molecule has 4 rings (SSSR count). The van der Waals surface area contributed by atoms with Gasteiger partial charge in [0.1, 0.15) is 11.0 Å². The van der Waals surface area contributed by atoms with Gasteiger partial charge in [-0.2, -0.15) is 0 Å². The fraction of sp³-hybridized carbons (Fsp3) is 0.636. The lowest BCUT2D eigenvalue weighted by molar-refractivity contribution is -0.0229. The van der Waals surface area contributed by atoms with Gasteiger partial charge in [-0.1, -0.05) is 11.6 Å². The molecule has 0 saturated carbocycles. The molecule has 19 heavy (non-hydrogen) atoms. The molecule has 4 heterocycles. The first-order chi connectivity index (χ1) is 8.93. The molecule has 2 atom stereocenters. The first-order valence-electron chi connectivity index (χ1n) is 6.06. The Balaban J connectivity index is 1.99. The van der Waals surface area contributed by atoms with Gasteiger partial charge < -0.3 is 9.64 Å². The number of rotatable bonds is 2. The quantitative estimate of drug-likeness (QED) is 0.597. The maximum absolute atomic E-state index is 11.6. The number of piperidine rings is 1. The summed E-state index contributed by atoms with van der Waals surface area (Å²) in [5.74, 6) is 0.568. The monoisotopic (exact) mass is 303 g/mol. The lowest BCUT2D eigenvalue weighted by Gasteiger charge is -2.45. The number of hydrogen-bond acceptors (Lipinski definition) is 6. The van der Waals surface area contributed by atoms with Gasteiger partial charge in [-0.25, -0.2) is 18.4 Å². The highest BCUT2D eigenvalue weighted by atomic mass is 35.5. The first-order valence-corrected chi connectivity index (χ1v) is 8.33. The van der Waals surface area contributed by atoms with Crippen molar-refractivity contribution in [1.29, 1.82) is 0 Å². The van der Waals surface area contributed by atoms with Gasteiger partial charge in [-0.05, 0) is 12.8 Å². The minimum atomic E-state index is -3.46. The minimum absolute atomic E-state index is 0.146. The molecule has 8 heteroatoms. The molecule has 0 aromatic carbocycles. The van der Waals surface area contributed by atoms with E-state index in [9.17, 15) is 8.42 Å². The number of hydrogen-bond donors (Lipinski definition) is 0. The summed E-state index contributed by atoms with van der Waals surface area (Å²) in [4.78, 5) is 9.97. The fourth-order valence-electron chi connectivity index (χ4n) is 2.53. The first kappa shape index (κ1) is 13.1. The van der Waals surface area contributed by atoms with Crippen LogP contribution in [0.3, 0.4) is 0 Å². The third kappa shape index (κ3) is 2.54. The molecule has 0 spiro atoms. The Labute approximate surface area is 116 Å². The van der Waals surface area contributed by atoms with Gasteiger partial charge >= 0.3 is 0 Å². The molecule has 3 aliphatic rings. The van der Waals surface area contributed by atoms with E-state index in [0.29, 0.717) is 12.4 Å². The molecular formula is C11H14ClN3O3S. The molecule has 0 radical (unpaired) electrons. The normalized spacial score (nSPS) is 26.7. The smallest absolute Gasteiger partial charge is 0.250 e. The van der Waals surface area contributed by atoms with E-state index < -0.39 is 9.84 Å². The second-order valence-corrected chi connectivity index (χ2v) is 7.24. The number of ether oxygens (including phenoxy) is 1. The van der Waals surface area contributed by atoms with Crippen LogP contribution in [0.5, 0.6) is 0 Å². The lowest BCUT2D eigenvalue weighted by atomic mass is 9.97. The highest BCUT2D eigenvalue weighted by molar-refractivity contribution is 7.90. The van der Waals surface area contributed by atoms with Crippen molar-refractivity contribution < 1.29 is 13.2 Å². The summed E-state index contributed by atoms with van der Waals surface area (Å²) in [6.07, 6.45) is 3.34. The molecule has 0 N–H and O–H groups in total. The van der Waals surface area contributed by atoms with Crippen LogP contribution in [0.1, 0.15) is 12.8 Å². The number of fused-ring (bicyclic) bond motifs is 3. The summed E-state index contributed by atoms with van der Waals surface area (Å²) in [7, 11) is -3.46. The van der Waals surface area contributed by atoms with Gasteiger partial charge in [0.25, 0.3) is 0 Å². The zero-order valence-corrected chi connectivity index (χ0v) is 12.0. The van der Waals surface area contributed by atoms with Crippen molar-refractivity contribution in [3.05, 3.63) is 11.2 Å². The molecule has 1 aromatic rings. The van der Waals surface area contributed by atoms with Crippen molar-refractivity contribution in [2.24, 2.45) is 0 Å². The zero-order valence-electron chi connectivity index (χ0n) is 10.4. The summed E-state index contributed by atoms with van der Waals surface area (Å²) in [6, 6.07) is 1.85. The molecule has 3 aliphatic heterocycles. The molecule has 1 aromatic heterocycles. The van der Waals surface area contributed by atoms with E-state index in [2.05, 4.69) is 14.9 Å². The summed E-state index contributed by atoms with van der Waals surface area (Å²) in [6.45, 7) is 1.38. The average molecular weight is 304 g/mol. The Kier molecular flexibility index (Phi) is 3.15. The van der Waals surface area contributed by atoms with E-state index in [1.165, 1.54) is 0 Å². The van der Waals surface area contributed by atoms with E-state index in [1.54, 1.807) is 6.07 Å². The van der Waals surface area contributed by atoms with Gasteiger partial charge in [0.2, 0.25) is 15.0 Å². The van der Waals surface area contributed by atoms with Crippen LogP contribution < -0.4 is 4.90 Å². The predicted molar refractivity (Wildman–Crippen MR) is 70.3 cm³/mol. The highest BCUT2D eigenvalue weighted by Gasteiger charge is 2.35. The summed E-state index contributed by atoms with van der Waals surface area (Å²) < 4.78 is 28.7. The number of halogens is 1. The van der Waals surface area contributed by atoms with Crippen LogP contribution in [0.15, 0.2) is 11.2 Å². The van der Waals surface area contributed by atoms with Crippen molar-refractivity contribution >= 4 is 27.3 Å². The maximum atomic E-state index is 11.6. The van der Waals surface area contributed by atoms with Gasteiger partial charge in [0.15, 0.2) is 0 Å². The van der Waals surface area contributed by atoms with Gasteiger partial charge in [0, 0.05) is 18.9 Å². The van der Waals surface area contributed by atoms with Crippen LogP contribution in [-0.4, -0.2) is 49.9 Å². The molecule has 2 bridgehead atoms. The Morgan fingerprint density at radius 2 is 2.21 bits per heavy atom. The summed E-state index contributed by atoms with van der Waals surface area (Å²) in [5, 5.41) is -0.0786. The van der Waals surface area contributed by atoms with E-state index >= 15 is 0 Å². The third-order valence-electron chi connectivity index (χ3n) is 3.47. The maximum Gasteiger partial charge on any atom is 0.250 e. The van der Waals surface area contributed by atoms with Gasteiger partial charge in [-0.15, -0.1) is 0 Å². The van der Waals surface area contributed by atoms with Crippen molar-refractivity contribution in [2.45, 2.75) is 30.1 Å². The third-order valence-corrected chi connectivity index (χ3v) is 4.51. The van der Waals surface area contributed by atoms with Gasteiger partial charge in [-0.3, -0.25) is 0 Å². The van der Waals surface area contributed by atoms with E-state index in [0.717, 1.165) is 25.6 Å². The average Bonchev–Trinajstić information content (AvgIpc) is 2.38. The Hall–Kier alpha value is -0.920. The molecule has 0 amide bonds. The van der Waals surface area contributed by atoms with E-state index in [1.807, 2.05) is 0 Å². The molecule has 3 fully saturated rings. The van der Waals surface area contributed by atoms with Crippen LogP contribution in [0.25, 0.3) is 0 Å². The number of anilines is 1. The minimum Gasteiger partial charge on any atom is -0.374 e. The molecular weight excluding hydrogens is 290 g/mol. The largest absolute Gasteiger partial charge is 0.374 e. The summed E-state index contributed by atoms with van der Waals surface area (Å²) in [5.41, 5.74) is 0. The molecule has 104 valence electrons. The Morgan fingerprint density at radius 3 is 2.74 bits per heavy atom. The topological polar surface area (TPSA) is 72.4 Å². The van der Waals surface area contributed by atoms with Crippen molar-refractivity contribution in [1.82, 2.24) is 9.97 Å². The SMILES string of the molecule is CS(=O)(=O)c1nc(Cl)cc(N2C[C@@H]3CC[C@H]2CO3)n1. The highest BCUT2D eigenvalue weighted by Crippen LogP contribution is 2.31. The van der Waals surface area contributed by atoms with Crippen molar-refractivity contribution in [2.75, 3.05) is 24.3 Å². The second-order valence-electron chi connectivity index (χ2n) is 4.94. The number of sulfone groups is 1. The fourth-order valence-corrected chi connectivity index (χ4v) is 3.28. The standard InChI is InChI=1S/C11H14ClN3O3S/c1-19(16,17)11-13-9(12)4-10(14-11)15-5-8-3-2-7(15)6-18-8/h4,7-8H,2-3,5-6H2,1H3/t7-,8-/m0/s1. The van der Waals surface area contributed by atoms with Crippen LogP contribution in [-0.2, 0) is 14.6 Å². The van der Waals surface area contributed by atoms with Crippen LogP contribution in [0, 0.1) is 0 Å². The summed E-state index contributed by atoms with van der Waals surface area (Å²) >= 11 is 5.90. The lowest BCUT2D eigenvalue weighted by Crippen LogP contribution is -2.54. The van der Waals surface area contributed by atoms with Crippen molar-refractivity contribution in [3.8, 4) is 0 Å². The molecule has 0 unspecified atom stereocenters. The number of nitrogens with zero attached hydrogens (tertiary/aromatic N) is 3. The van der Waals surface area contributed by atoms with Crippen LogP contribution in [0.4, 0.5) is 5.82 Å². The van der Waals surface area contributed by atoms with Crippen LogP contribution in [0.2, 0.25) is 5.15 Å². The predicted octanol–water partition coefficient (Wildman–Crippen LogP) is 0.901. The number of aromatic nitrogens is 2. The second kappa shape index (κ2) is 4.57. The Bertz CT molecular complexity index is 599. The zero-order chi connectivity index (χ0) is 13.6. The van der Waals surface area contributed by atoms with Gasteiger partial charge in [0.05, 0.1) is 18.8 Å². The van der Waals surface area contributed by atoms with E-state index in [-0.39, 0.29) is 22.5 Å². The van der Waals surface area contributed by atoms with Crippen molar-refractivity contribution in [3.63, 3.8) is 0 Å². The number of morpholine rings is 1. The molecule has 0 aliphatic carbocycles. The molecule has 6 nitrogen and oxygen atoms in total. The van der Waals surface area contributed by atoms with E-state index in [4.69, 9.17) is 16.3 Å². The Morgan fingerprint density at radius 1 is 1.42 bits per heavy atom. The molecule has 3 saturated heterocycles.